The van der Waals surface area contributed by atoms with E-state index in [-0.39, 0.29) is 0 Å². The summed E-state index contributed by atoms with van der Waals surface area (Å²) in [6, 6.07) is 175. The maximum absolute atomic E-state index is 2.45. The van der Waals surface area contributed by atoms with Crippen molar-refractivity contribution in [2.75, 3.05) is 0 Å². The van der Waals surface area contributed by atoms with Crippen LogP contribution in [0.1, 0.15) is 0 Å². The largest absolute Gasteiger partial charge is 0.316 e. The van der Waals surface area contributed by atoms with Gasteiger partial charge in [0.15, 0.2) is 0 Å². The first kappa shape index (κ1) is 76.8. The van der Waals surface area contributed by atoms with Crippen molar-refractivity contribution >= 4 is 164 Å². The third-order valence-corrected chi connectivity index (χ3v) is 27.7. The summed E-state index contributed by atoms with van der Waals surface area (Å²) >= 11 is 0. The van der Waals surface area contributed by atoms with Crippen LogP contribution in [-0.4, -0.2) is 41.1 Å². The topological polar surface area (TPSA) is 44.4 Å². The molecular formula is C126H83N9. The van der Waals surface area contributed by atoms with Crippen LogP contribution in [0.3, 0.4) is 0 Å². The number of fused-ring (bicyclic) bond motifs is 24. The van der Waals surface area contributed by atoms with E-state index in [0.717, 1.165) is 45.5 Å². The molecule has 0 aliphatic heterocycles. The maximum Gasteiger partial charge on any atom is 0.0628 e. The molecular weight excluding hydrogens is 1640 g/mol. The summed E-state index contributed by atoms with van der Waals surface area (Å²) in [5.41, 5.74) is 33.3. The molecule has 0 spiro atoms. The average molecular weight is 1720 g/mol. The van der Waals surface area contributed by atoms with E-state index < -0.39 is 0 Å². The molecule has 0 aliphatic rings. The Morgan fingerprint density at radius 3 is 0.726 bits per heavy atom. The number of benzene rings is 20. The zero-order valence-electron chi connectivity index (χ0n) is 73.4. The number of nitrogens with zero attached hydrogens (tertiary/aromatic N) is 9. The van der Waals surface area contributed by atoms with Crippen molar-refractivity contribution in [2.45, 2.75) is 0 Å². The summed E-state index contributed by atoms with van der Waals surface area (Å²) in [4.78, 5) is 0. The van der Waals surface area contributed by atoms with Gasteiger partial charge in [-0.1, -0.05) is 297 Å². The molecule has 0 saturated heterocycles. The zero-order valence-corrected chi connectivity index (χ0v) is 73.4. The smallest absolute Gasteiger partial charge is 0.0628 e. The Morgan fingerprint density at radius 1 is 0.119 bits per heavy atom. The van der Waals surface area contributed by atoms with Gasteiger partial charge in [-0.15, -0.1) is 0 Å². The standard InChI is InChI=1S/2C44H29N3.C38H25N3/c1-3-13-30(14-4-1)32-27-34(46-39-20-10-7-17-36(39)37-18-8-11-21-40(37)46)29-35(28-32)47-41-22-12-9-19-38(41)43-42(47)24-23-31-25-26-45(44(31)43)33-15-5-2-6-16-33;1-3-11-30(12-4-1)32-19-25-37-36-15-7-9-17-39(36)47(42(37)29-32)35-23-21-34(22-24-35)46-40-18-10-8-16-38(40)43-41(46)26-20-31-27-28-45(44(31)43)33-13-5-2-6-14-33;1-2-11-27(12-3-1)39-24-23-26-21-22-36-37(38(26)39)32-17-6-9-20-35(32)41(36)29-14-10-13-28(25-29)40-33-18-7-4-15-30(33)31-16-5-8-19-34(31)40/h2*1-29H;1-25H. The van der Waals surface area contributed by atoms with Crippen LogP contribution in [0.2, 0.25) is 0 Å². The number of hydrogen-bond acceptors (Lipinski definition) is 0. The van der Waals surface area contributed by atoms with E-state index in [1.807, 2.05) is 0 Å². The van der Waals surface area contributed by atoms with Gasteiger partial charge in [-0.3, -0.25) is 0 Å². The van der Waals surface area contributed by atoms with Crippen molar-refractivity contribution in [2.24, 2.45) is 0 Å². The molecule has 20 aromatic carbocycles. The van der Waals surface area contributed by atoms with Gasteiger partial charge >= 0.3 is 0 Å². The lowest BCUT2D eigenvalue weighted by molar-refractivity contribution is 1.13. The number of para-hydroxylation sites is 11. The molecule has 0 bridgehead atoms. The van der Waals surface area contributed by atoms with Crippen LogP contribution >= 0.6 is 0 Å². The summed E-state index contributed by atoms with van der Waals surface area (Å²) in [6.45, 7) is 0. The van der Waals surface area contributed by atoms with E-state index in [4.69, 9.17) is 0 Å². The quantitative estimate of drug-likeness (QED) is 0.124. The molecule has 0 radical (unpaired) electrons. The molecule has 29 aromatic rings. The summed E-state index contributed by atoms with van der Waals surface area (Å²) < 4.78 is 21.5. The molecule has 0 unspecified atom stereocenters. The van der Waals surface area contributed by atoms with Crippen molar-refractivity contribution in [3.63, 3.8) is 0 Å². The molecule has 9 aromatic heterocycles. The molecule has 0 aliphatic carbocycles. The van der Waals surface area contributed by atoms with Crippen molar-refractivity contribution in [3.8, 4) is 73.4 Å². The molecule has 9 heteroatoms. The van der Waals surface area contributed by atoms with Gasteiger partial charge in [0.1, 0.15) is 0 Å². The van der Waals surface area contributed by atoms with Crippen molar-refractivity contribution in [3.05, 3.63) is 504 Å². The fraction of sp³-hybridized carbons (Fsp3) is 0. The highest BCUT2D eigenvalue weighted by Crippen LogP contribution is 2.46. The molecule has 0 N–H and O–H groups in total. The highest BCUT2D eigenvalue weighted by Gasteiger charge is 2.26. The molecule has 9 nitrogen and oxygen atoms in total. The van der Waals surface area contributed by atoms with Crippen molar-refractivity contribution in [1.82, 2.24) is 41.1 Å². The Labute approximate surface area is 776 Å². The van der Waals surface area contributed by atoms with Crippen LogP contribution in [0.4, 0.5) is 0 Å². The Morgan fingerprint density at radius 2 is 0.370 bits per heavy atom. The lowest BCUT2D eigenvalue weighted by atomic mass is 10.0. The van der Waals surface area contributed by atoms with E-state index in [0.29, 0.717) is 0 Å². The highest BCUT2D eigenvalue weighted by molar-refractivity contribution is 6.24. The first-order valence-corrected chi connectivity index (χ1v) is 46.3. The third kappa shape index (κ3) is 12.3. The summed E-state index contributed by atoms with van der Waals surface area (Å²) in [6.07, 6.45) is 6.58. The van der Waals surface area contributed by atoms with Gasteiger partial charge in [-0.05, 0) is 210 Å². The van der Waals surface area contributed by atoms with Gasteiger partial charge in [0, 0.05) is 151 Å². The SMILES string of the molecule is c1ccc(-c2cc(-n3c4ccccc4c4ccccc43)cc(-n3c4ccccc4c4c5c(ccc43)ccn5-c3ccccc3)c2)cc1.c1ccc(-c2ccc3c4ccccc4n(-c4ccc(-n5c6ccccc6c6c7c(ccc65)ccn7-c5ccccc5)cc4)c3c2)cc1.c1ccc(-n2ccc3ccc4c(c5ccccc5n4-c4cccc(-n5c6ccccc6c6ccccc65)c4)c32)cc1. The van der Waals surface area contributed by atoms with Crippen molar-refractivity contribution in [1.29, 1.82) is 0 Å². The second-order valence-corrected chi connectivity index (χ2v) is 35.1. The Hall–Kier alpha value is -18.2. The second kappa shape index (κ2) is 31.3. The van der Waals surface area contributed by atoms with E-state index in [9.17, 15) is 0 Å². The van der Waals surface area contributed by atoms with Gasteiger partial charge in [-0.2, -0.15) is 0 Å². The molecule has 135 heavy (non-hydrogen) atoms. The summed E-state index contributed by atoms with van der Waals surface area (Å²) in [7, 11) is 0. The van der Waals surface area contributed by atoms with E-state index in [1.54, 1.807) is 0 Å². The van der Waals surface area contributed by atoms with Gasteiger partial charge < -0.3 is 41.1 Å². The first-order chi connectivity index (χ1) is 67.0. The van der Waals surface area contributed by atoms with Crippen LogP contribution in [0.15, 0.2) is 504 Å². The minimum atomic E-state index is 1.13. The number of rotatable bonds is 11. The molecule has 0 saturated carbocycles. The highest BCUT2D eigenvalue weighted by atomic mass is 15.1. The van der Waals surface area contributed by atoms with Gasteiger partial charge in [0.05, 0.1) is 82.8 Å². The van der Waals surface area contributed by atoms with Crippen LogP contribution in [0, 0.1) is 0 Å². The molecule has 632 valence electrons. The first-order valence-electron chi connectivity index (χ1n) is 46.3. The predicted molar refractivity (Wildman–Crippen MR) is 567 cm³/mol. The van der Waals surface area contributed by atoms with Crippen molar-refractivity contribution < 1.29 is 0 Å². The maximum atomic E-state index is 2.45. The summed E-state index contributed by atoms with van der Waals surface area (Å²) in [5.74, 6) is 0. The van der Waals surface area contributed by atoms with Gasteiger partial charge in [0.2, 0.25) is 0 Å². The average Bonchev–Trinajstić information content (AvgIpc) is 1.57. The van der Waals surface area contributed by atoms with E-state index in [2.05, 4.69) is 545 Å². The molecule has 0 fully saturated rings. The lowest BCUT2D eigenvalue weighted by Gasteiger charge is -2.16. The minimum absolute atomic E-state index is 1.13. The molecule has 0 atom stereocenters. The Kier molecular flexibility index (Phi) is 17.8. The second-order valence-electron chi connectivity index (χ2n) is 35.1. The fourth-order valence-electron chi connectivity index (χ4n) is 21.9. The minimum Gasteiger partial charge on any atom is -0.316 e. The van der Waals surface area contributed by atoms with Gasteiger partial charge in [0.25, 0.3) is 0 Å². The monoisotopic (exact) mass is 1720 g/mol. The Balaban J connectivity index is 0.000000103. The van der Waals surface area contributed by atoms with Crippen LogP contribution in [0.5, 0.6) is 0 Å². The molecule has 9 heterocycles. The number of aromatic nitrogens is 9. The normalized spacial score (nSPS) is 11.9. The zero-order chi connectivity index (χ0) is 88.7. The van der Waals surface area contributed by atoms with Gasteiger partial charge in [-0.25, -0.2) is 0 Å². The molecule has 0 amide bonds. The van der Waals surface area contributed by atoms with Crippen LogP contribution < -0.4 is 0 Å². The fourth-order valence-corrected chi connectivity index (χ4v) is 21.9. The van der Waals surface area contributed by atoms with Crippen LogP contribution in [0.25, 0.3) is 237 Å². The number of hydrogen-bond donors (Lipinski definition) is 0. The van der Waals surface area contributed by atoms with Crippen LogP contribution in [-0.2, 0) is 0 Å². The Bertz CT molecular complexity index is 9630. The lowest BCUT2D eigenvalue weighted by Crippen LogP contribution is -2.00. The van der Waals surface area contributed by atoms with E-state index in [1.165, 1.54) is 191 Å². The van der Waals surface area contributed by atoms with E-state index >= 15 is 0 Å². The third-order valence-electron chi connectivity index (χ3n) is 27.7. The molecule has 29 rings (SSSR count). The predicted octanol–water partition coefficient (Wildman–Crippen LogP) is 32.8. The summed E-state index contributed by atoms with van der Waals surface area (Å²) in [5, 5.41) is 18.9.